The quantitative estimate of drug-likeness (QED) is 0.289. The molecule has 7 heteroatoms. The Kier molecular flexibility index (Phi) is 7.66. The lowest BCUT2D eigenvalue weighted by atomic mass is 9.94. The van der Waals surface area contributed by atoms with Crippen LogP contribution in [0.15, 0.2) is 65.9 Å². The molecule has 1 unspecified atom stereocenters. The Labute approximate surface area is 209 Å². The van der Waals surface area contributed by atoms with Crippen LogP contribution < -0.4 is 4.74 Å². The largest absolute Gasteiger partial charge is 0.503 e. The molecule has 1 N–H and O–H groups in total. The Morgan fingerprint density at radius 2 is 1.83 bits per heavy atom. The molecule has 0 saturated heterocycles. The maximum absolute atomic E-state index is 13.7. The molecule has 2 aromatic carbocycles. The zero-order chi connectivity index (χ0) is 24.9. The van der Waals surface area contributed by atoms with E-state index in [-0.39, 0.29) is 11.4 Å². The van der Waals surface area contributed by atoms with Gasteiger partial charge >= 0.3 is 0 Å². The first-order chi connectivity index (χ1) is 16.9. The second kappa shape index (κ2) is 10.9. The molecule has 0 aliphatic carbocycles. The Bertz CT molecular complexity index is 1250. The van der Waals surface area contributed by atoms with Gasteiger partial charge in [0.05, 0.1) is 33.8 Å². The van der Waals surface area contributed by atoms with Crippen molar-refractivity contribution >= 4 is 23.0 Å². The highest BCUT2D eigenvalue weighted by atomic mass is 32.1. The van der Waals surface area contributed by atoms with E-state index in [4.69, 9.17) is 4.74 Å². The minimum atomic E-state index is -0.752. The third kappa shape index (κ3) is 5.15. The van der Waals surface area contributed by atoms with Gasteiger partial charge in [-0.1, -0.05) is 61.9 Å². The Morgan fingerprint density at radius 1 is 1.11 bits per heavy atom. The summed E-state index contributed by atoms with van der Waals surface area (Å²) in [6.07, 6.45) is 2.47. The highest BCUT2D eigenvalue weighted by Gasteiger charge is 2.45. The van der Waals surface area contributed by atoms with Crippen molar-refractivity contribution in [3.05, 3.63) is 92.6 Å². The number of aliphatic hydroxyl groups is 1. The van der Waals surface area contributed by atoms with Gasteiger partial charge in [0.2, 0.25) is 5.78 Å². The predicted octanol–water partition coefficient (Wildman–Crippen LogP) is 5.76. The van der Waals surface area contributed by atoms with Crippen LogP contribution in [-0.4, -0.2) is 39.8 Å². The van der Waals surface area contributed by atoms with E-state index in [0.717, 1.165) is 23.4 Å². The lowest BCUT2D eigenvalue weighted by Crippen LogP contribution is -2.33. The lowest BCUT2D eigenvalue weighted by molar-refractivity contribution is -0.129. The molecule has 1 aromatic heterocycles. The summed E-state index contributed by atoms with van der Waals surface area (Å²) in [5, 5.41) is 11.8. The summed E-state index contributed by atoms with van der Waals surface area (Å²) < 4.78 is 6.07. The van der Waals surface area contributed by atoms with Gasteiger partial charge in [-0.05, 0) is 38.3 Å². The Balaban J connectivity index is 1.76. The molecule has 35 heavy (non-hydrogen) atoms. The first-order valence-electron chi connectivity index (χ1n) is 11.9. The molecule has 1 aliphatic rings. The smallest absolute Gasteiger partial charge is 0.290 e. The van der Waals surface area contributed by atoms with Crippen LogP contribution in [0.1, 0.15) is 57.3 Å². The van der Waals surface area contributed by atoms with Crippen LogP contribution >= 0.6 is 11.3 Å². The zero-order valence-corrected chi connectivity index (χ0v) is 21.1. The van der Waals surface area contributed by atoms with Gasteiger partial charge in [-0.2, -0.15) is 0 Å². The number of unbranched alkanes of at least 4 members (excludes halogenated alkanes) is 1. The Morgan fingerprint density at radius 3 is 2.51 bits per heavy atom. The number of hydrogen-bond acceptors (Lipinski definition) is 6. The average Bonchev–Trinajstić information content (AvgIpc) is 3.33. The van der Waals surface area contributed by atoms with Crippen LogP contribution in [0, 0.1) is 13.8 Å². The minimum absolute atomic E-state index is 0.0846. The van der Waals surface area contributed by atoms with Crippen molar-refractivity contribution in [3.63, 3.8) is 0 Å². The molecule has 2 heterocycles. The molecule has 1 atom stereocenters. The number of ketones is 1. The van der Waals surface area contributed by atoms with Gasteiger partial charge in [-0.3, -0.25) is 9.59 Å². The number of nitrogens with zero attached hydrogens (tertiary/aromatic N) is 2. The average molecular weight is 491 g/mol. The minimum Gasteiger partial charge on any atom is -0.503 e. The lowest BCUT2D eigenvalue weighted by Gasteiger charge is -2.28. The van der Waals surface area contributed by atoms with Crippen molar-refractivity contribution in [1.82, 2.24) is 9.88 Å². The van der Waals surface area contributed by atoms with Crippen molar-refractivity contribution in [2.24, 2.45) is 0 Å². The number of carbonyl (C=O) groups excluding carboxylic acids is 2. The van der Waals surface area contributed by atoms with Gasteiger partial charge in [0.15, 0.2) is 5.76 Å². The molecule has 0 spiro atoms. The molecule has 0 bridgehead atoms. The van der Waals surface area contributed by atoms with Crippen LogP contribution in [0.2, 0.25) is 0 Å². The summed E-state index contributed by atoms with van der Waals surface area (Å²) >= 11 is 1.28. The Hall–Kier alpha value is -3.45. The SMILES string of the molecule is CCCCOc1ccccc1C1C(C(=O)c2sc(C)nc2C)=C(O)C(=O)N1CCc1ccccc1. The normalized spacial score (nSPS) is 15.7. The van der Waals surface area contributed by atoms with Crippen LogP contribution in [-0.2, 0) is 11.2 Å². The number of carbonyl (C=O) groups is 2. The van der Waals surface area contributed by atoms with Gasteiger partial charge in [0.25, 0.3) is 5.91 Å². The van der Waals surface area contributed by atoms with Gasteiger partial charge in [0, 0.05) is 12.1 Å². The number of ether oxygens (including phenoxy) is 1. The summed E-state index contributed by atoms with van der Waals surface area (Å²) in [6, 6.07) is 16.6. The number of Topliss-reactive ketones (excluding diaryl/α,β-unsaturated/α-hetero) is 1. The number of benzene rings is 2. The highest BCUT2D eigenvalue weighted by Crippen LogP contribution is 2.43. The first-order valence-corrected chi connectivity index (χ1v) is 12.7. The van der Waals surface area contributed by atoms with E-state index >= 15 is 0 Å². The number of amides is 1. The van der Waals surface area contributed by atoms with Crippen LogP contribution in [0.3, 0.4) is 0 Å². The van der Waals surface area contributed by atoms with Crippen LogP contribution in [0.5, 0.6) is 5.75 Å². The molecule has 3 aromatic rings. The summed E-state index contributed by atoms with van der Waals surface area (Å²) in [7, 11) is 0. The van der Waals surface area contributed by atoms with Crippen LogP contribution in [0.25, 0.3) is 0 Å². The van der Waals surface area contributed by atoms with E-state index in [1.165, 1.54) is 11.3 Å². The molecule has 1 aliphatic heterocycles. The molecule has 1 amide bonds. The molecule has 0 fully saturated rings. The number of thiazole rings is 1. The van der Waals surface area contributed by atoms with Crippen molar-refractivity contribution in [2.45, 2.75) is 46.1 Å². The molecule has 182 valence electrons. The summed E-state index contributed by atoms with van der Waals surface area (Å²) in [5.74, 6) is -0.798. The van der Waals surface area contributed by atoms with Crippen molar-refractivity contribution in [1.29, 1.82) is 0 Å². The van der Waals surface area contributed by atoms with Crippen molar-refractivity contribution < 1.29 is 19.4 Å². The van der Waals surface area contributed by atoms with Gasteiger partial charge < -0.3 is 14.7 Å². The number of aryl methyl sites for hydroxylation is 2. The molecular formula is C28H30N2O4S. The fraction of sp³-hybridized carbons (Fsp3) is 0.321. The third-order valence-electron chi connectivity index (χ3n) is 6.11. The number of aromatic nitrogens is 1. The number of rotatable bonds is 10. The summed E-state index contributed by atoms with van der Waals surface area (Å²) in [4.78, 5) is 33.5. The first kappa shape index (κ1) is 24.7. The molecular weight excluding hydrogens is 460 g/mol. The van der Waals surface area contributed by atoms with E-state index in [2.05, 4.69) is 11.9 Å². The third-order valence-corrected chi connectivity index (χ3v) is 7.18. The molecule has 6 nitrogen and oxygen atoms in total. The number of aliphatic hydroxyl groups excluding tert-OH is 1. The zero-order valence-electron chi connectivity index (χ0n) is 20.3. The fourth-order valence-corrected chi connectivity index (χ4v) is 5.24. The van der Waals surface area contributed by atoms with E-state index < -0.39 is 17.7 Å². The maximum atomic E-state index is 13.7. The molecule has 0 radical (unpaired) electrons. The molecule has 4 rings (SSSR count). The van der Waals surface area contributed by atoms with Crippen molar-refractivity contribution in [3.8, 4) is 5.75 Å². The monoisotopic (exact) mass is 490 g/mol. The second-order valence-corrected chi connectivity index (χ2v) is 9.82. The van der Waals surface area contributed by atoms with Gasteiger partial charge in [0.1, 0.15) is 5.75 Å². The number of para-hydroxylation sites is 1. The van der Waals surface area contributed by atoms with Gasteiger partial charge in [-0.15, -0.1) is 11.3 Å². The standard InChI is InChI=1S/C28H30N2O4S/c1-4-5-17-34-22-14-10-9-13-21(22)24-23(25(31)27-18(2)29-19(3)35-27)26(32)28(33)30(24)16-15-20-11-7-6-8-12-20/h6-14,24,32H,4-5,15-17H2,1-3H3. The van der Waals surface area contributed by atoms with E-state index in [1.807, 2.05) is 61.5 Å². The van der Waals surface area contributed by atoms with E-state index in [9.17, 15) is 14.7 Å². The molecule has 0 saturated carbocycles. The van der Waals surface area contributed by atoms with E-state index in [0.29, 0.717) is 41.5 Å². The predicted molar refractivity (Wildman–Crippen MR) is 137 cm³/mol. The van der Waals surface area contributed by atoms with Crippen molar-refractivity contribution in [2.75, 3.05) is 13.2 Å². The van der Waals surface area contributed by atoms with Gasteiger partial charge in [-0.25, -0.2) is 4.98 Å². The maximum Gasteiger partial charge on any atom is 0.290 e. The van der Waals surface area contributed by atoms with Crippen LogP contribution in [0.4, 0.5) is 0 Å². The summed E-state index contributed by atoms with van der Waals surface area (Å²) in [5.41, 5.74) is 2.44. The summed E-state index contributed by atoms with van der Waals surface area (Å²) in [6.45, 7) is 6.58. The van der Waals surface area contributed by atoms with E-state index in [1.54, 1.807) is 11.8 Å². The number of hydrogen-bond donors (Lipinski definition) is 1. The highest BCUT2D eigenvalue weighted by molar-refractivity contribution is 7.14. The topological polar surface area (TPSA) is 79.7 Å². The second-order valence-electron chi connectivity index (χ2n) is 8.62. The fourth-order valence-electron chi connectivity index (χ4n) is 4.36.